The second kappa shape index (κ2) is 11.7. The maximum absolute atomic E-state index is 9.65. The van der Waals surface area contributed by atoms with Crippen LogP contribution in [0.15, 0.2) is 33.8 Å². The molecule has 1 aromatic heterocycles. The molecule has 3 rings (SSSR count). The molecule has 0 aliphatic heterocycles. The fourth-order valence-corrected chi connectivity index (χ4v) is 4.93. The quantitative estimate of drug-likeness (QED) is 0.175. The molecule has 3 aromatic rings. The van der Waals surface area contributed by atoms with Crippen LogP contribution in [0.5, 0.6) is 34.5 Å². The van der Waals surface area contributed by atoms with Crippen molar-refractivity contribution in [2.75, 3.05) is 48.4 Å². The van der Waals surface area contributed by atoms with Crippen LogP contribution >= 0.6 is 23.1 Å². The molecule has 10 nitrogen and oxygen atoms in total. The molecule has 0 spiro atoms. The van der Waals surface area contributed by atoms with Gasteiger partial charge in [0.1, 0.15) is 5.01 Å². The molecule has 0 saturated carbocycles. The van der Waals surface area contributed by atoms with E-state index in [4.69, 9.17) is 28.4 Å². The number of aromatic nitrogens is 2. The highest BCUT2D eigenvalue weighted by molar-refractivity contribution is 8.01. The van der Waals surface area contributed by atoms with E-state index in [0.717, 1.165) is 5.56 Å². The minimum absolute atomic E-state index is 0.332. The molecule has 0 aliphatic carbocycles. The van der Waals surface area contributed by atoms with Crippen LogP contribution in [0.2, 0.25) is 0 Å². The molecular weight excluding hydrogens is 482 g/mol. The molecule has 0 unspecified atom stereocenters. The Morgan fingerprint density at radius 2 is 1.29 bits per heavy atom. The van der Waals surface area contributed by atoms with Gasteiger partial charge >= 0.3 is 0 Å². The first-order chi connectivity index (χ1) is 16.5. The Kier molecular flexibility index (Phi) is 8.66. The Hall–Kier alpha value is -3.38. The maximum atomic E-state index is 9.65. The van der Waals surface area contributed by atoms with Crippen molar-refractivity contribution < 1.29 is 33.6 Å². The van der Waals surface area contributed by atoms with Crippen LogP contribution in [0, 0.1) is 0 Å². The average molecular weight is 508 g/mol. The van der Waals surface area contributed by atoms with E-state index in [1.807, 2.05) is 12.1 Å². The molecule has 0 atom stereocenters. The van der Waals surface area contributed by atoms with E-state index in [0.29, 0.717) is 60.9 Å². The Bertz CT molecular complexity index is 1120. The average Bonchev–Trinajstić information content (AvgIpc) is 3.36. The number of ether oxygens (including phenoxy) is 6. The van der Waals surface area contributed by atoms with Gasteiger partial charge in [0.25, 0.3) is 0 Å². The largest absolute Gasteiger partial charge is 0.493 e. The zero-order chi connectivity index (χ0) is 24.7. The predicted molar refractivity (Wildman–Crippen MR) is 130 cm³/mol. The number of nitrogens with zero attached hydrogens (tertiary/aromatic N) is 3. The summed E-state index contributed by atoms with van der Waals surface area (Å²) in [7, 11) is 9.24. The summed E-state index contributed by atoms with van der Waals surface area (Å²) in [5, 5.41) is 22.3. The van der Waals surface area contributed by atoms with Gasteiger partial charge in [-0.1, -0.05) is 28.3 Å². The molecule has 0 amide bonds. The van der Waals surface area contributed by atoms with Crippen LogP contribution in [0.3, 0.4) is 0 Å². The number of benzene rings is 2. The van der Waals surface area contributed by atoms with E-state index in [-0.39, 0.29) is 0 Å². The fourth-order valence-electron chi connectivity index (χ4n) is 3.14. The Morgan fingerprint density at radius 1 is 0.794 bits per heavy atom. The lowest BCUT2D eigenvalue weighted by Gasteiger charge is -2.14. The normalized spacial score (nSPS) is 11.2. The van der Waals surface area contributed by atoms with Crippen molar-refractivity contribution in [1.29, 1.82) is 0 Å². The lowest BCUT2D eigenvalue weighted by Crippen LogP contribution is -2.06. The maximum Gasteiger partial charge on any atom is 0.203 e. The topological polar surface area (TPSA) is 114 Å². The van der Waals surface area contributed by atoms with E-state index in [1.54, 1.807) is 33.5 Å². The van der Waals surface area contributed by atoms with Gasteiger partial charge in [-0.2, -0.15) is 0 Å². The molecule has 12 heteroatoms. The number of rotatable bonds is 11. The van der Waals surface area contributed by atoms with Gasteiger partial charge in [-0.05, 0) is 24.3 Å². The summed E-state index contributed by atoms with van der Waals surface area (Å²) in [6.45, 7) is 0. The summed E-state index contributed by atoms with van der Waals surface area (Å²) in [4.78, 5) is 0. The summed E-state index contributed by atoms with van der Waals surface area (Å²) in [6, 6.07) is 7.07. The standard InChI is InChI=1S/C22H25N3O7S2/c1-27-15-7-12(8-16(28-2)19(15)31-5)14(25-26)11-33-22-24-23-21(34-22)13-9-17(29-3)20(32-6)18(10-13)30-4/h7-10,26H,11H2,1-6H3/b25-14+. The number of hydrogen-bond acceptors (Lipinski definition) is 12. The van der Waals surface area contributed by atoms with E-state index in [2.05, 4.69) is 15.4 Å². The van der Waals surface area contributed by atoms with Crippen LogP contribution in [-0.4, -0.2) is 69.5 Å². The third kappa shape index (κ3) is 5.23. The predicted octanol–water partition coefficient (Wildman–Crippen LogP) is 4.23. The molecule has 0 radical (unpaired) electrons. The van der Waals surface area contributed by atoms with Gasteiger partial charge in [-0.15, -0.1) is 10.2 Å². The SMILES string of the molecule is COc1cc(/C(CSc2nnc(-c3cc(OC)c(OC)c(OC)c3)s2)=N/O)cc(OC)c1OC. The minimum atomic E-state index is 0.332. The summed E-state index contributed by atoms with van der Waals surface area (Å²) in [5.74, 6) is 3.27. The Morgan fingerprint density at radius 3 is 1.74 bits per heavy atom. The first-order valence-corrected chi connectivity index (χ1v) is 11.6. The summed E-state index contributed by atoms with van der Waals surface area (Å²) >= 11 is 2.77. The number of thioether (sulfide) groups is 1. The zero-order valence-corrected chi connectivity index (χ0v) is 21.2. The van der Waals surface area contributed by atoms with Crippen molar-refractivity contribution in [3.8, 4) is 45.1 Å². The van der Waals surface area contributed by atoms with E-state index < -0.39 is 0 Å². The smallest absolute Gasteiger partial charge is 0.203 e. The van der Waals surface area contributed by atoms with Gasteiger partial charge in [0, 0.05) is 16.9 Å². The van der Waals surface area contributed by atoms with E-state index in [9.17, 15) is 5.21 Å². The van der Waals surface area contributed by atoms with Crippen LogP contribution in [0.1, 0.15) is 5.56 Å². The van der Waals surface area contributed by atoms with Crippen molar-refractivity contribution in [3.05, 3.63) is 29.8 Å². The first kappa shape index (κ1) is 25.2. The van der Waals surface area contributed by atoms with Crippen LogP contribution in [0.4, 0.5) is 0 Å². The molecule has 0 fully saturated rings. The second-order valence-electron chi connectivity index (χ2n) is 6.54. The van der Waals surface area contributed by atoms with Gasteiger partial charge in [0.05, 0.1) is 48.4 Å². The van der Waals surface area contributed by atoms with Crippen molar-refractivity contribution in [2.45, 2.75) is 4.34 Å². The van der Waals surface area contributed by atoms with Gasteiger partial charge in [-0.3, -0.25) is 0 Å². The van der Waals surface area contributed by atoms with Gasteiger partial charge in [-0.25, -0.2) is 0 Å². The number of oxime groups is 1. The fraction of sp³-hybridized carbons (Fsp3) is 0.318. The highest BCUT2D eigenvalue weighted by Crippen LogP contribution is 2.42. The number of hydrogen-bond donors (Lipinski definition) is 1. The lowest BCUT2D eigenvalue weighted by molar-refractivity contribution is 0.318. The second-order valence-corrected chi connectivity index (χ2v) is 8.74. The molecule has 34 heavy (non-hydrogen) atoms. The lowest BCUT2D eigenvalue weighted by atomic mass is 10.1. The van der Waals surface area contributed by atoms with Crippen LogP contribution in [-0.2, 0) is 0 Å². The Balaban J connectivity index is 1.82. The van der Waals surface area contributed by atoms with Gasteiger partial charge in [0.2, 0.25) is 11.5 Å². The first-order valence-electron chi connectivity index (χ1n) is 9.81. The van der Waals surface area contributed by atoms with Crippen LogP contribution in [0.25, 0.3) is 10.6 Å². The van der Waals surface area contributed by atoms with Gasteiger partial charge in [0.15, 0.2) is 27.3 Å². The highest BCUT2D eigenvalue weighted by Gasteiger charge is 2.19. The molecule has 0 saturated heterocycles. The molecule has 0 bridgehead atoms. The summed E-state index contributed by atoms with van der Waals surface area (Å²) in [6.07, 6.45) is 0. The summed E-state index contributed by atoms with van der Waals surface area (Å²) < 4.78 is 33.0. The van der Waals surface area contributed by atoms with E-state index >= 15 is 0 Å². The van der Waals surface area contributed by atoms with Crippen molar-refractivity contribution in [3.63, 3.8) is 0 Å². The molecule has 182 valence electrons. The van der Waals surface area contributed by atoms with E-state index in [1.165, 1.54) is 44.4 Å². The minimum Gasteiger partial charge on any atom is -0.493 e. The van der Waals surface area contributed by atoms with Crippen LogP contribution < -0.4 is 28.4 Å². The molecule has 2 aromatic carbocycles. The molecule has 0 aliphatic rings. The van der Waals surface area contributed by atoms with Crippen molar-refractivity contribution in [2.24, 2.45) is 5.16 Å². The third-order valence-electron chi connectivity index (χ3n) is 4.77. The zero-order valence-electron chi connectivity index (χ0n) is 19.6. The summed E-state index contributed by atoms with van der Waals surface area (Å²) in [5.41, 5.74) is 1.81. The highest BCUT2D eigenvalue weighted by atomic mass is 32.2. The van der Waals surface area contributed by atoms with Crippen molar-refractivity contribution in [1.82, 2.24) is 10.2 Å². The monoisotopic (exact) mass is 507 g/mol. The Labute approximate surface area is 205 Å². The molecule has 1 N–H and O–H groups in total. The molecular formula is C22H25N3O7S2. The molecule has 1 heterocycles. The third-order valence-corrected chi connectivity index (χ3v) is 6.89. The van der Waals surface area contributed by atoms with Crippen molar-refractivity contribution >= 4 is 28.8 Å². The van der Waals surface area contributed by atoms with Gasteiger partial charge < -0.3 is 33.6 Å². The number of methoxy groups -OCH3 is 6.